The van der Waals surface area contributed by atoms with Gasteiger partial charge in [-0.25, -0.2) is 0 Å². The second-order valence-corrected chi connectivity index (χ2v) is 8.33. The SMILES string of the molecule is O=C(SCC=C(C1CCCCC1)C1CCCCC1)c1ccccc1. The fraction of sp³-hybridized carbons (Fsp3) is 0.591. The van der Waals surface area contributed by atoms with Crippen LogP contribution in [0.5, 0.6) is 0 Å². The van der Waals surface area contributed by atoms with E-state index in [1.807, 2.05) is 30.3 Å². The summed E-state index contributed by atoms with van der Waals surface area (Å²) in [6.07, 6.45) is 16.3. The van der Waals surface area contributed by atoms with Crippen LogP contribution in [0.25, 0.3) is 0 Å². The van der Waals surface area contributed by atoms with Crippen LogP contribution in [0.2, 0.25) is 0 Å². The van der Waals surface area contributed by atoms with E-state index in [2.05, 4.69) is 6.08 Å². The molecule has 0 N–H and O–H groups in total. The van der Waals surface area contributed by atoms with E-state index >= 15 is 0 Å². The minimum Gasteiger partial charge on any atom is -0.282 e. The highest BCUT2D eigenvalue weighted by Gasteiger charge is 2.25. The fourth-order valence-corrected chi connectivity index (χ4v) is 5.14. The number of carbonyl (C=O) groups excluding carboxylic acids is 1. The molecule has 2 aliphatic rings. The quantitative estimate of drug-likeness (QED) is 0.557. The summed E-state index contributed by atoms with van der Waals surface area (Å²) in [6.45, 7) is 0. The van der Waals surface area contributed by atoms with Gasteiger partial charge in [-0.05, 0) is 37.5 Å². The van der Waals surface area contributed by atoms with Crippen LogP contribution in [0.4, 0.5) is 0 Å². The standard InChI is InChI=1S/C22H30OS/c23-22(20-14-8-3-9-15-20)24-17-16-21(18-10-4-1-5-11-18)19-12-6-2-7-13-19/h3,8-9,14-16,18-19H,1-2,4-7,10-13,17H2. The second kappa shape index (κ2) is 9.46. The molecule has 2 heteroatoms. The summed E-state index contributed by atoms with van der Waals surface area (Å²) in [5, 5.41) is 0.207. The summed E-state index contributed by atoms with van der Waals surface area (Å²) in [6, 6.07) is 9.69. The average molecular weight is 343 g/mol. The van der Waals surface area contributed by atoms with Crippen LogP contribution in [0.1, 0.15) is 74.6 Å². The molecule has 0 aliphatic heterocycles. The van der Waals surface area contributed by atoms with E-state index in [1.54, 1.807) is 5.57 Å². The number of benzene rings is 1. The first-order valence-corrected chi connectivity index (χ1v) is 10.8. The molecule has 1 nitrogen and oxygen atoms in total. The monoisotopic (exact) mass is 342 g/mol. The third-order valence-electron chi connectivity index (χ3n) is 5.70. The lowest BCUT2D eigenvalue weighted by molar-refractivity contribution is 0.108. The summed E-state index contributed by atoms with van der Waals surface area (Å²) < 4.78 is 0. The van der Waals surface area contributed by atoms with Gasteiger partial charge in [0.15, 0.2) is 0 Å². The van der Waals surface area contributed by atoms with Crippen molar-refractivity contribution in [2.45, 2.75) is 64.2 Å². The normalized spacial score (nSPS) is 19.8. The van der Waals surface area contributed by atoms with Crippen molar-refractivity contribution in [1.82, 2.24) is 0 Å². The van der Waals surface area contributed by atoms with Gasteiger partial charge in [0.2, 0.25) is 5.12 Å². The Bertz CT molecular complexity index is 516. The van der Waals surface area contributed by atoms with Crippen molar-refractivity contribution in [3.8, 4) is 0 Å². The Morgan fingerprint density at radius 1 is 0.875 bits per heavy atom. The van der Waals surface area contributed by atoms with E-state index in [0.29, 0.717) is 0 Å². The lowest BCUT2D eigenvalue weighted by Gasteiger charge is -2.32. The predicted molar refractivity (Wildman–Crippen MR) is 104 cm³/mol. The molecule has 2 saturated carbocycles. The highest BCUT2D eigenvalue weighted by Crippen LogP contribution is 2.39. The van der Waals surface area contributed by atoms with E-state index < -0.39 is 0 Å². The van der Waals surface area contributed by atoms with Crippen LogP contribution in [0.3, 0.4) is 0 Å². The maximum absolute atomic E-state index is 12.3. The molecule has 0 bridgehead atoms. The Balaban J connectivity index is 1.63. The Morgan fingerprint density at radius 2 is 1.42 bits per heavy atom. The molecule has 24 heavy (non-hydrogen) atoms. The molecule has 0 amide bonds. The molecule has 1 aromatic carbocycles. The van der Waals surface area contributed by atoms with Crippen molar-refractivity contribution in [2.24, 2.45) is 11.8 Å². The molecular formula is C22H30OS. The molecule has 0 saturated heterocycles. The summed E-state index contributed by atoms with van der Waals surface area (Å²) in [5.74, 6) is 2.44. The summed E-state index contributed by atoms with van der Waals surface area (Å²) in [5.41, 5.74) is 2.54. The first kappa shape index (κ1) is 17.8. The molecule has 0 radical (unpaired) electrons. The Morgan fingerprint density at radius 3 is 1.96 bits per heavy atom. The third kappa shape index (κ3) is 4.99. The largest absolute Gasteiger partial charge is 0.282 e. The van der Waals surface area contributed by atoms with E-state index in [4.69, 9.17) is 0 Å². The lowest BCUT2D eigenvalue weighted by atomic mass is 9.73. The average Bonchev–Trinajstić information content (AvgIpc) is 2.67. The zero-order valence-corrected chi connectivity index (χ0v) is 15.5. The van der Waals surface area contributed by atoms with Crippen LogP contribution in [0.15, 0.2) is 42.0 Å². The van der Waals surface area contributed by atoms with Gasteiger partial charge in [-0.15, -0.1) is 0 Å². The molecule has 2 aliphatic carbocycles. The van der Waals surface area contributed by atoms with Gasteiger partial charge in [-0.2, -0.15) is 0 Å². The van der Waals surface area contributed by atoms with Crippen molar-refractivity contribution in [2.75, 3.05) is 5.75 Å². The van der Waals surface area contributed by atoms with Gasteiger partial charge in [0.25, 0.3) is 0 Å². The minimum absolute atomic E-state index is 0.207. The number of hydrogen-bond acceptors (Lipinski definition) is 2. The third-order valence-corrected chi connectivity index (χ3v) is 6.53. The number of allylic oxidation sites excluding steroid dienone is 1. The van der Waals surface area contributed by atoms with Gasteiger partial charge in [-0.3, -0.25) is 4.79 Å². The van der Waals surface area contributed by atoms with Gasteiger partial charge in [0, 0.05) is 11.3 Å². The van der Waals surface area contributed by atoms with Crippen molar-refractivity contribution < 1.29 is 4.79 Å². The maximum Gasteiger partial charge on any atom is 0.219 e. The van der Waals surface area contributed by atoms with Crippen LogP contribution in [-0.2, 0) is 0 Å². The van der Waals surface area contributed by atoms with Gasteiger partial charge < -0.3 is 0 Å². The molecule has 0 atom stereocenters. The summed E-state index contributed by atoms with van der Waals surface area (Å²) >= 11 is 1.47. The molecule has 0 aromatic heterocycles. The van der Waals surface area contributed by atoms with Crippen LogP contribution in [-0.4, -0.2) is 10.9 Å². The van der Waals surface area contributed by atoms with E-state index in [9.17, 15) is 4.79 Å². The fourth-order valence-electron chi connectivity index (χ4n) is 4.41. The van der Waals surface area contributed by atoms with Crippen molar-refractivity contribution in [1.29, 1.82) is 0 Å². The molecule has 2 fully saturated rings. The first-order chi connectivity index (χ1) is 11.8. The Labute approximate surface area is 151 Å². The van der Waals surface area contributed by atoms with Crippen LogP contribution in [0, 0.1) is 11.8 Å². The van der Waals surface area contributed by atoms with Gasteiger partial charge >= 0.3 is 0 Å². The van der Waals surface area contributed by atoms with E-state index in [-0.39, 0.29) is 5.12 Å². The highest BCUT2D eigenvalue weighted by molar-refractivity contribution is 8.14. The number of rotatable bonds is 5. The second-order valence-electron chi connectivity index (χ2n) is 7.34. The minimum atomic E-state index is 0.207. The number of thioether (sulfide) groups is 1. The van der Waals surface area contributed by atoms with Gasteiger partial charge in [0.1, 0.15) is 0 Å². The number of carbonyl (C=O) groups is 1. The van der Waals surface area contributed by atoms with Gasteiger partial charge in [0.05, 0.1) is 0 Å². The van der Waals surface area contributed by atoms with Crippen molar-refractivity contribution >= 4 is 16.9 Å². The van der Waals surface area contributed by atoms with E-state index in [0.717, 1.165) is 23.2 Å². The zero-order valence-electron chi connectivity index (χ0n) is 14.7. The first-order valence-electron chi connectivity index (χ1n) is 9.76. The molecule has 1 aromatic rings. The Hall–Kier alpha value is -1.02. The molecule has 3 rings (SSSR count). The molecule has 0 heterocycles. The smallest absolute Gasteiger partial charge is 0.219 e. The lowest BCUT2D eigenvalue weighted by Crippen LogP contribution is -2.19. The zero-order chi connectivity index (χ0) is 16.6. The number of hydrogen-bond donors (Lipinski definition) is 0. The van der Waals surface area contributed by atoms with E-state index in [1.165, 1.54) is 76.0 Å². The molecular weight excluding hydrogens is 312 g/mol. The summed E-state index contributed by atoms with van der Waals surface area (Å²) in [4.78, 5) is 12.3. The Kier molecular flexibility index (Phi) is 7.01. The molecule has 0 spiro atoms. The summed E-state index contributed by atoms with van der Waals surface area (Å²) in [7, 11) is 0. The topological polar surface area (TPSA) is 17.1 Å². The molecule has 130 valence electrons. The van der Waals surface area contributed by atoms with Gasteiger partial charge in [-0.1, -0.05) is 92.3 Å². The highest BCUT2D eigenvalue weighted by atomic mass is 32.2. The van der Waals surface area contributed by atoms with Crippen molar-refractivity contribution in [3.05, 3.63) is 47.5 Å². The molecule has 0 unspecified atom stereocenters. The van der Waals surface area contributed by atoms with Crippen molar-refractivity contribution in [3.63, 3.8) is 0 Å². The predicted octanol–water partition coefficient (Wildman–Crippen LogP) is 6.65. The maximum atomic E-state index is 12.3. The van der Waals surface area contributed by atoms with Crippen LogP contribution >= 0.6 is 11.8 Å². The van der Waals surface area contributed by atoms with Crippen LogP contribution < -0.4 is 0 Å².